The highest BCUT2D eigenvalue weighted by Crippen LogP contribution is 2.44. The smallest absolute Gasteiger partial charge is 0.320 e. The van der Waals surface area contributed by atoms with Gasteiger partial charge in [-0.05, 0) is 30.7 Å². The van der Waals surface area contributed by atoms with Crippen molar-refractivity contribution in [2.24, 2.45) is 5.41 Å². The standard InChI is InChI=1S/C17H24N4O3/c1-12(22)20-7-4-17(5-8-20)9-14(16(23)24)21(11-17)10-13-3-2-6-19-15(13)18/h2-3,6,14H,4-5,7-11H2,1H3,(H2,18,19)(H,23,24)/t14-/m1/s1. The van der Waals surface area contributed by atoms with Crippen LogP contribution in [-0.4, -0.2) is 57.4 Å². The van der Waals surface area contributed by atoms with Crippen molar-refractivity contribution in [2.75, 3.05) is 25.4 Å². The molecule has 24 heavy (non-hydrogen) atoms. The number of nitrogen functional groups attached to an aromatic ring is 1. The van der Waals surface area contributed by atoms with Gasteiger partial charge >= 0.3 is 5.97 Å². The summed E-state index contributed by atoms with van der Waals surface area (Å²) in [7, 11) is 0. The third-order valence-electron chi connectivity index (χ3n) is 5.46. The van der Waals surface area contributed by atoms with Crippen molar-refractivity contribution in [1.29, 1.82) is 0 Å². The molecule has 0 radical (unpaired) electrons. The van der Waals surface area contributed by atoms with Crippen LogP contribution < -0.4 is 5.73 Å². The highest BCUT2D eigenvalue weighted by molar-refractivity contribution is 5.74. The molecule has 0 saturated carbocycles. The minimum atomic E-state index is -0.789. The zero-order chi connectivity index (χ0) is 17.3. The van der Waals surface area contributed by atoms with Gasteiger partial charge in [-0.15, -0.1) is 0 Å². The summed E-state index contributed by atoms with van der Waals surface area (Å²) in [5.41, 5.74) is 6.75. The van der Waals surface area contributed by atoms with Gasteiger partial charge in [-0.2, -0.15) is 0 Å². The fraction of sp³-hybridized carbons (Fsp3) is 0.588. The van der Waals surface area contributed by atoms with E-state index in [9.17, 15) is 14.7 Å². The Morgan fingerprint density at radius 2 is 2.12 bits per heavy atom. The predicted octanol–water partition coefficient (Wildman–Crippen LogP) is 0.951. The normalized spacial score (nSPS) is 23.5. The first-order valence-electron chi connectivity index (χ1n) is 8.32. The Balaban J connectivity index is 1.74. The Hall–Kier alpha value is -2.15. The monoisotopic (exact) mass is 332 g/mol. The zero-order valence-electron chi connectivity index (χ0n) is 13.9. The summed E-state index contributed by atoms with van der Waals surface area (Å²) >= 11 is 0. The summed E-state index contributed by atoms with van der Waals surface area (Å²) in [6, 6.07) is 3.21. The molecule has 0 aliphatic carbocycles. The zero-order valence-corrected chi connectivity index (χ0v) is 13.9. The second-order valence-corrected chi connectivity index (χ2v) is 7.02. The summed E-state index contributed by atoms with van der Waals surface area (Å²) in [6.07, 6.45) is 3.98. The number of nitrogens with zero attached hydrogens (tertiary/aromatic N) is 3. The number of rotatable bonds is 3. The van der Waals surface area contributed by atoms with Crippen LogP contribution in [0.2, 0.25) is 0 Å². The molecular weight excluding hydrogens is 308 g/mol. The van der Waals surface area contributed by atoms with Crippen LogP contribution in [0.4, 0.5) is 5.82 Å². The molecule has 3 rings (SSSR count). The van der Waals surface area contributed by atoms with Crippen molar-refractivity contribution in [1.82, 2.24) is 14.8 Å². The third-order valence-corrected chi connectivity index (χ3v) is 5.46. The minimum absolute atomic E-state index is 0.0218. The number of aromatic nitrogens is 1. The van der Waals surface area contributed by atoms with Gasteiger partial charge in [0.2, 0.25) is 5.91 Å². The number of carbonyl (C=O) groups excluding carboxylic acids is 1. The summed E-state index contributed by atoms with van der Waals surface area (Å²) in [4.78, 5) is 31.2. The van der Waals surface area contributed by atoms with Gasteiger partial charge in [0.25, 0.3) is 0 Å². The lowest BCUT2D eigenvalue weighted by Gasteiger charge is -2.39. The quantitative estimate of drug-likeness (QED) is 0.855. The van der Waals surface area contributed by atoms with E-state index in [1.54, 1.807) is 13.1 Å². The summed E-state index contributed by atoms with van der Waals surface area (Å²) in [5, 5.41) is 9.63. The lowest BCUT2D eigenvalue weighted by atomic mass is 9.76. The van der Waals surface area contributed by atoms with Crippen LogP contribution >= 0.6 is 0 Å². The molecule has 3 heterocycles. The van der Waals surface area contributed by atoms with Gasteiger partial charge < -0.3 is 15.7 Å². The predicted molar refractivity (Wildman–Crippen MR) is 89.0 cm³/mol. The van der Waals surface area contributed by atoms with Crippen LogP contribution in [-0.2, 0) is 16.1 Å². The second-order valence-electron chi connectivity index (χ2n) is 7.02. The number of hydrogen-bond acceptors (Lipinski definition) is 5. The molecule has 0 aromatic carbocycles. The lowest BCUT2D eigenvalue weighted by molar-refractivity contribution is -0.142. The lowest BCUT2D eigenvalue weighted by Crippen LogP contribution is -2.43. The maximum Gasteiger partial charge on any atom is 0.320 e. The number of nitrogens with two attached hydrogens (primary N) is 1. The molecule has 1 spiro atoms. The first-order chi connectivity index (χ1) is 11.4. The van der Waals surface area contributed by atoms with Crippen LogP contribution in [0.25, 0.3) is 0 Å². The Morgan fingerprint density at radius 3 is 2.71 bits per heavy atom. The fourth-order valence-corrected chi connectivity index (χ4v) is 4.02. The Bertz CT molecular complexity index is 640. The number of amides is 1. The first kappa shape index (κ1) is 16.7. The third kappa shape index (κ3) is 3.21. The van der Waals surface area contributed by atoms with Crippen molar-refractivity contribution in [3.05, 3.63) is 23.9 Å². The van der Waals surface area contributed by atoms with Crippen LogP contribution in [0.5, 0.6) is 0 Å². The molecule has 1 amide bonds. The number of pyridine rings is 1. The van der Waals surface area contributed by atoms with E-state index in [1.165, 1.54) is 0 Å². The van der Waals surface area contributed by atoms with Gasteiger partial charge in [-0.1, -0.05) is 6.07 Å². The minimum Gasteiger partial charge on any atom is -0.480 e. The van der Waals surface area contributed by atoms with E-state index in [0.717, 1.165) is 24.9 Å². The van der Waals surface area contributed by atoms with E-state index in [1.807, 2.05) is 21.9 Å². The Kier molecular flexibility index (Phi) is 4.45. The van der Waals surface area contributed by atoms with E-state index < -0.39 is 12.0 Å². The number of carboxylic acids is 1. The number of anilines is 1. The highest BCUT2D eigenvalue weighted by Gasteiger charge is 2.48. The molecule has 2 aliphatic rings. The average Bonchev–Trinajstić information content (AvgIpc) is 2.88. The fourth-order valence-electron chi connectivity index (χ4n) is 4.02. The van der Waals surface area contributed by atoms with Gasteiger partial charge in [-0.3, -0.25) is 14.5 Å². The summed E-state index contributed by atoms with van der Waals surface area (Å²) in [5.74, 6) is -0.241. The van der Waals surface area contributed by atoms with Gasteiger partial charge in [0, 0.05) is 44.9 Å². The first-order valence-corrected chi connectivity index (χ1v) is 8.32. The van der Waals surface area contributed by atoms with E-state index in [0.29, 0.717) is 31.9 Å². The molecule has 1 atom stereocenters. The van der Waals surface area contributed by atoms with E-state index >= 15 is 0 Å². The van der Waals surface area contributed by atoms with E-state index in [-0.39, 0.29) is 11.3 Å². The number of aliphatic carboxylic acids is 1. The molecule has 2 aliphatic heterocycles. The van der Waals surface area contributed by atoms with Gasteiger partial charge in [0.15, 0.2) is 0 Å². The molecule has 7 nitrogen and oxygen atoms in total. The van der Waals surface area contributed by atoms with E-state index in [4.69, 9.17) is 5.73 Å². The van der Waals surface area contributed by atoms with Crippen LogP contribution in [0.1, 0.15) is 31.7 Å². The van der Waals surface area contributed by atoms with Gasteiger partial charge in [0.1, 0.15) is 11.9 Å². The van der Waals surface area contributed by atoms with Crippen LogP contribution in [0.15, 0.2) is 18.3 Å². The van der Waals surface area contributed by atoms with Crippen molar-refractivity contribution in [3.63, 3.8) is 0 Å². The summed E-state index contributed by atoms with van der Waals surface area (Å²) < 4.78 is 0. The maximum atomic E-state index is 11.7. The number of carboxylic acid groups (broad SMARTS) is 1. The topological polar surface area (TPSA) is 99.8 Å². The highest BCUT2D eigenvalue weighted by atomic mass is 16.4. The number of hydrogen-bond donors (Lipinski definition) is 2. The maximum absolute atomic E-state index is 11.7. The number of piperidine rings is 1. The molecule has 130 valence electrons. The molecule has 1 aromatic heterocycles. The van der Waals surface area contributed by atoms with Crippen molar-refractivity contribution < 1.29 is 14.7 Å². The molecular formula is C17H24N4O3. The van der Waals surface area contributed by atoms with E-state index in [2.05, 4.69) is 4.98 Å². The van der Waals surface area contributed by atoms with Crippen molar-refractivity contribution in [2.45, 2.75) is 38.8 Å². The molecule has 2 saturated heterocycles. The average molecular weight is 332 g/mol. The molecule has 2 fully saturated rings. The largest absolute Gasteiger partial charge is 0.480 e. The Morgan fingerprint density at radius 1 is 1.42 bits per heavy atom. The molecule has 1 aromatic rings. The second kappa shape index (κ2) is 6.39. The molecule has 7 heteroatoms. The molecule has 0 unspecified atom stereocenters. The van der Waals surface area contributed by atoms with Gasteiger partial charge in [-0.25, -0.2) is 4.98 Å². The SMILES string of the molecule is CC(=O)N1CCC2(CC1)C[C@H](C(=O)O)N(Cc1cccnc1N)C2. The van der Waals surface area contributed by atoms with Gasteiger partial charge in [0.05, 0.1) is 0 Å². The van der Waals surface area contributed by atoms with Crippen LogP contribution in [0, 0.1) is 5.41 Å². The summed E-state index contributed by atoms with van der Waals surface area (Å²) in [6.45, 7) is 4.23. The Labute approximate surface area is 141 Å². The number of carbonyl (C=O) groups is 2. The van der Waals surface area contributed by atoms with Crippen molar-refractivity contribution >= 4 is 17.7 Å². The van der Waals surface area contributed by atoms with Crippen molar-refractivity contribution in [3.8, 4) is 0 Å². The molecule has 3 N–H and O–H groups in total. The number of likely N-dealkylation sites (tertiary alicyclic amines) is 2. The van der Waals surface area contributed by atoms with Crippen LogP contribution in [0.3, 0.4) is 0 Å². The molecule has 0 bridgehead atoms.